The van der Waals surface area contributed by atoms with Gasteiger partial charge in [0.2, 0.25) is 0 Å². The van der Waals surface area contributed by atoms with Gasteiger partial charge in [-0.15, -0.1) is 11.3 Å². The van der Waals surface area contributed by atoms with Crippen molar-refractivity contribution in [3.05, 3.63) is 40.7 Å². The van der Waals surface area contributed by atoms with Gasteiger partial charge in [-0.05, 0) is 6.42 Å². The van der Waals surface area contributed by atoms with Crippen LogP contribution in [0, 0.1) is 0 Å². The Hall–Kier alpha value is -1.23. The van der Waals surface area contributed by atoms with Crippen LogP contribution in [0.15, 0.2) is 35.7 Å². The van der Waals surface area contributed by atoms with Crippen LogP contribution < -0.4 is 5.32 Å². The molecule has 96 valence electrons. The maximum atomic E-state index is 9.44. The Bertz CT molecular complexity index is 470. The highest BCUT2D eigenvalue weighted by molar-refractivity contribution is 7.09. The molecule has 2 N–H and O–H groups in total. The smallest absolute Gasteiger partial charge is 0.107 e. The van der Waals surface area contributed by atoms with Crippen LogP contribution in [0.3, 0.4) is 0 Å². The molecule has 0 fully saturated rings. The topological polar surface area (TPSA) is 45.1 Å². The fourth-order valence-corrected chi connectivity index (χ4v) is 2.40. The quantitative estimate of drug-likeness (QED) is 0.841. The summed E-state index contributed by atoms with van der Waals surface area (Å²) >= 11 is 1.65. The van der Waals surface area contributed by atoms with Crippen molar-refractivity contribution in [1.82, 2.24) is 10.3 Å². The number of rotatable bonds is 6. The molecule has 4 heteroatoms. The van der Waals surface area contributed by atoms with Crippen LogP contribution in [-0.4, -0.2) is 22.7 Å². The molecular formula is C14H18N2OS. The summed E-state index contributed by atoms with van der Waals surface area (Å²) in [6.45, 7) is 3.31. The van der Waals surface area contributed by atoms with Crippen molar-refractivity contribution in [2.75, 3.05) is 6.54 Å². The van der Waals surface area contributed by atoms with Gasteiger partial charge in [0.25, 0.3) is 0 Å². The van der Waals surface area contributed by atoms with Crippen LogP contribution in [0.2, 0.25) is 0 Å². The number of aliphatic hydroxyl groups is 1. The second kappa shape index (κ2) is 6.64. The normalized spacial score (nSPS) is 12.6. The second-order valence-corrected chi connectivity index (χ2v) is 5.13. The van der Waals surface area contributed by atoms with E-state index in [-0.39, 0.29) is 6.10 Å². The monoisotopic (exact) mass is 262 g/mol. The number of aliphatic hydroxyl groups excluding tert-OH is 1. The first-order valence-corrected chi connectivity index (χ1v) is 7.06. The number of thiazole rings is 1. The zero-order valence-electron chi connectivity index (χ0n) is 10.5. The highest BCUT2D eigenvalue weighted by Gasteiger charge is 2.05. The minimum atomic E-state index is -0.265. The predicted octanol–water partition coefficient (Wildman–Crippen LogP) is 2.67. The highest BCUT2D eigenvalue weighted by Crippen LogP contribution is 2.21. The van der Waals surface area contributed by atoms with Gasteiger partial charge in [-0.3, -0.25) is 0 Å². The van der Waals surface area contributed by atoms with Crippen molar-refractivity contribution in [3.63, 3.8) is 0 Å². The van der Waals surface area contributed by atoms with Crippen molar-refractivity contribution < 1.29 is 5.11 Å². The van der Waals surface area contributed by atoms with E-state index in [0.29, 0.717) is 13.1 Å². The summed E-state index contributed by atoms with van der Waals surface area (Å²) in [7, 11) is 0. The van der Waals surface area contributed by atoms with Gasteiger partial charge < -0.3 is 10.4 Å². The van der Waals surface area contributed by atoms with Gasteiger partial charge >= 0.3 is 0 Å². The van der Waals surface area contributed by atoms with E-state index in [1.807, 2.05) is 25.1 Å². The first-order valence-electron chi connectivity index (χ1n) is 6.18. The molecule has 0 amide bonds. The van der Waals surface area contributed by atoms with E-state index >= 15 is 0 Å². The highest BCUT2D eigenvalue weighted by atomic mass is 32.1. The maximum absolute atomic E-state index is 9.44. The van der Waals surface area contributed by atoms with Gasteiger partial charge in [-0.2, -0.15) is 0 Å². The zero-order valence-corrected chi connectivity index (χ0v) is 11.3. The Kier molecular flexibility index (Phi) is 4.87. The Morgan fingerprint density at radius 2 is 2.11 bits per heavy atom. The van der Waals surface area contributed by atoms with Gasteiger partial charge in [0.1, 0.15) is 5.01 Å². The zero-order chi connectivity index (χ0) is 12.8. The van der Waals surface area contributed by atoms with Gasteiger partial charge in [0, 0.05) is 24.0 Å². The van der Waals surface area contributed by atoms with Crippen LogP contribution in [0.1, 0.15) is 18.4 Å². The molecule has 0 bridgehead atoms. The van der Waals surface area contributed by atoms with Crippen LogP contribution in [-0.2, 0) is 6.54 Å². The summed E-state index contributed by atoms with van der Waals surface area (Å²) in [5.41, 5.74) is 2.17. The lowest BCUT2D eigenvalue weighted by molar-refractivity contribution is 0.167. The van der Waals surface area contributed by atoms with Crippen molar-refractivity contribution in [2.45, 2.75) is 26.0 Å². The summed E-state index contributed by atoms with van der Waals surface area (Å²) in [5, 5.41) is 15.8. The third-order valence-electron chi connectivity index (χ3n) is 2.75. The summed E-state index contributed by atoms with van der Waals surface area (Å²) < 4.78 is 0. The average Bonchev–Trinajstić information content (AvgIpc) is 2.88. The number of benzene rings is 1. The minimum absolute atomic E-state index is 0.265. The number of hydrogen-bond donors (Lipinski definition) is 2. The van der Waals surface area contributed by atoms with Gasteiger partial charge in [0.15, 0.2) is 0 Å². The average molecular weight is 262 g/mol. The fraction of sp³-hybridized carbons (Fsp3) is 0.357. The molecule has 2 aromatic rings. The lowest BCUT2D eigenvalue weighted by Crippen LogP contribution is -2.25. The third-order valence-corrected chi connectivity index (χ3v) is 3.60. The summed E-state index contributed by atoms with van der Waals surface area (Å²) in [6.07, 6.45) is 0.513. The lowest BCUT2D eigenvalue weighted by atomic mass is 10.2. The third kappa shape index (κ3) is 3.63. The van der Waals surface area contributed by atoms with Crippen molar-refractivity contribution in [1.29, 1.82) is 0 Å². The molecule has 0 spiro atoms. The Morgan fingerprint density at radius 1 is 1.33 bits per heavy atom. The molecule has 1 aromatic carbocycles. The molecule has 0 saturated carbocycles. The van der Waals surface area contributed by atoms with Gasteiger partial charge in [-0.25, -0.2) is 4.98 Å². The Labute approximate surface area is 112 Å². The molecule has 1 heterocycles. The lowest BCUT2D eigenvalue weighted by Gasteiger charge is -2.07. The van der Waals surface area contributed by atoms with Gasteiger partial charge in [0.05, 0.1) is 11.8 Å². The van der Waals surface area contributed by atoms with E-state index in [1.165, 1.54) is 0 Å². The van der Waals surface area contributed by atoms with Crippen LogP contribution >= 0.6 is 11.3 Å². The van der Waals surface area contributed by atoms with E-state index in [2.05, 4.69) is 27.8 Å². The number of hydrogen-bond acceptors (Lipinski definition) is 4. The Morgan fingerprint density at radius 3 is 2.83 bits per heavy atom. The summed E-state index contributed by atoms with van der Waals surface area (Å²) in [6, 6.07) is 10.2. The van der Waals surface area contributed by atoms with E-state index in [1.54, 1.807) is 11.3 Å². The molecule has 0 aliphatic rings. The van der Waals surface area contributed by atoms with E-state index < -0.39 is 0 Å². The SMILES string of the molecule is CCC(O)CNCc1nc(-c2ccccc2)cs1. The van der Waals surface area contributed by atoms with E-state index in [9.17, 15) is 5.11 Å². The molecule has 2 rings (SSSR count). The summed E-state index contributed by atoms with van der Waals surface area (Å²) in [4.78, 5) is 4.58. The molecule has 1 aromatic heterocycles. The van der Waals surface area contributed by atoms with Crippen LogP contribution in [0.5, 0.6) is 0 Å². The number of nitrogens with zero attached hydrogens (tertiary/aromatic N) is 1. The second-order valence-electron chi connectivity index (χ2n) is 4.19. The van der Waals surface area contributed by atoms with Crippen LogP contribution in [0.25, 0.3) is 11.3 Å². The minimum Gasteiger partial charge on any atom is -0.392 e. The fourth-order valence-electron chi connectivity index (χ4n) is 1.62. The van der Waals surface area contributed by atoms with Crippen molar-refractivity contribution in [3.8, 4) is 11.3 Å². The summed E-state index contributed by atoms with van der Waals surface area (Å²) in [5.74, 6) is 0. The van der Waals surface area contributed by atoms with Gasteiger partial charge in [-0.1, -0.05) is 37.3 Å². The maximum Gasteiger partial charge on any atom is 0.107 e. The molecule has 18 heavy (non-hydrogen) atoms. The first kappa shape index (κ1) is 13.2. The molecular weight excluding hydrogens is 244 g/mol. The largest absolute Gasteiger partial charge is 0.392 e. The number of aromatic nitrogens is 1. The molecule has 0 radical (unpaired) electrons. The Balaban J connectivity index is 1.91. The molecule has 1 unspecified atom stereocenters. The molecule has 3 nitrogen and oxygen atoms in total. The number of nitrogens with one attached hydrogen (secondary N) is 1. The first-order chi connectivity index (χ1) is 8.79. The molecule has 0 aliphatic carbocycles. The van der Waals surface area contributed by atoms with Crippen molar-refractivity contribution in [2.24, 2.45) is 0 Å². The molecule has 0 saturated heterocycles. The molecule has 0 aliphatic heterocycles. The standard InChI is InChI=1S/C14H18N2OS/c1-2-12(17)8-15-9-14-16-13(10-18-14)11-6-4-3-5-7-11/h3-7,10,12,15,17H,2,8-9H2,1H3. The predicted molar refractivity (Wildman–Crippen MR) is 75.6 cm³/mol. The van der Waals surface area contributed by atoms with Crippen molar-refractivity contribution >= 4 is 11.3 Å². The van der Waals surface area contributed by atoms with Crippen LogP contribution in [0.4, 0.5) is 0 Å². The molecule has 1 atom stereocenters. The van der Waals surface area contributed by atoms with E-state index in [4.69, 9.17) is 0 Å². The van der Waals surface area contributed by atoms with E-state index in [0.717, 1.165) is 22.7 Å².